The van der Waals surface area contributed by atoms with Crippen molar-refractivity contribution in [3.8, 4) is 0 Å². The third-order valence-electron chi connectivity index (χ3n) is 2.76. The average molecular weight is 246 g/mol. The summed E-state index contributed by atoms with van der Waals surface area (Å²) in [6, 6.07) is 4.87. The lowest BCUT2D eigenvalue weighted by Gasteiger charge is -2.07. The molecule has 0 unspecified atom stereocenters. The van der Waals surface area contributed by atoms with Gasteiger partial charge in [-0.25, -0.2) is 4.98 Å². The Labute approximate surface area is 104 Å². The maximum absolute atomic E-state index is 10.8. The van der Waals surface area contributed by atoms with Gasteiger partial charge in [-0.3, -0.25) is 10.1 Å². The number of hydrogen-bond acceptors (Lipinski definition) is 4. The minimum absolute atomic E-state index is 0.0503. The number of nitrogen functional groups attached to an aromatic ring is 1. The van der Waals surface area contributed by atoms with E-state index < -0.39 is 4.92 Å². The minimum Gasteiger partial charge on any atom is -0.393 e. The average Bonchev–Trinajstić information content (AvgIpc) is 2.78. The van der Waals surface area contributed by atoms with Crippen LogP contribution in [0.2, 0.25) is 0 Å². The first-order valence-electron chi connectivity index (χ1n) is 5.64. The molecule has 0 saturated carbocycles. The predicted octanol–water partition coefficient (Wildman–Crippen LogP) is 1.98. The summed E-state index contributed by atoms with van der Waals surface area (Å²) in [6.07, 6.45) is 4.41. The first-order valence-corrected chi connectivity index (χ1v) is 5.64. The largest absolute Gasteiger partial charge is 0.393 e. The molecule has 2 aromatic rings. The molecule has 0 saturated heterocycles. The highest BCUT2D eigenvalue weighted by Gasteiger charge is 2.12. The Kier molecular flexibility index (Phi) is 3.27. The molecule has 94 valence electrons. The first kappa shape index (κ1) is 12.1. The lowest BCUT2D eigenvalue weighted by molar-refractivity contribution is -0.384. The van der Waals surface area contributed by atoms with E-state index in [1.165, 1.54) is 6.07 Å². The van der Waals surface area contributed by atoms with E-state index in [0.717, 1.165) is 17.8 Å². The van der Waals surface area contributed by atoms with Crippen molar-refractivity contribution < 1.29 is 4.92 Å². The Morgan fingerprint density at radius 2 is 2.28 bits per heavy atom. The number of rotatable bonds is 4. The Morgan fingerprint density at radius 1 is 1.50 bits per heavy atom. The van der Waals surface area contributed by atoms with Gasteiger partial charge in [0.15, 0.2) is 0 Å². The standard InChI is InChI=1S/C12H14N4O2/c1-2-12-14-5-6-15(12)8-9-3-4-10(13)11(7-9)16(17)18/h3-7H,2,8,13H2,1H3. The van der Waals surface area contributed by atoms with Crippen LogP contribution < -0.4 is 5.73 Å². The van der Waals surface area contributed by atoms with Crippen molar-refractivity contribution >= 4 is 11.4 Å². The summed E-state index contributed by atoms with van der Waals surface area (Å²) in [5.41, 5.74) is 6.53. The summed E-state index contributed by atoms with van der Waals surface area (Å²) in [6.45, 7) is 2.58. The van der Waals surface area contributed by atoms with Gasteiger partial charge < -0.3 is 10.3 Å². The Hall–Kier alpha value is -2.37. The van der Waals surface area contributed by atoms with Crippen LogP contribution in [0.25, 0.3) is 0 Å². The van der Waals surface area contributed by atoms with Gasteiger partial charge in [0.25, 0.3) is 5.69 Å². The molecule has 0 fully saturated rings. The number of nitrogens with zero attached hydrogens (tertiary/aromatic N) is 3. The predicted molar refractivity (Wildman–Crippen MR) is 68.2 cm³/mol. The summed E-state index contributed by atoms with van der Waals surface area (Å²) in [4.78, 5) is 14.6. The second-order valence-electron chi connectivity index (χ2n) is 3.98. The molecule has 0 atom stereocenters. The number of imidazole rings is 1. The maximum Gasteiger partial charge on any atom is 0.292 e. The molecule has 18 heavy (non-hydrogen) atoms. The van der Waals surface area contributed by atoms with Crippen molar-refractivity contribution in [1.82, 2.24) is 9.55 Å². The van der Waals surface area contributed by atoms with Crippen LogP contribution >= 0.6 is 0 Å². The normalized spacial score (nSPS) is 10.5. The number of nitrogens with two attached hydrogens (primary N) is 1. The highest BCUT2D eigenvalue weighted by atomic mass is 16.6. The van der Waals surface area contributed by atoms with Gasteiger partial charge in [0, 0.05) is 31.4 Å². The highest BCUT2D eigenvalue weighted by Crippen LogP contribution is 2.22. The molecular formula is C12H14N4O2. The summed E-state index contributed by atoms with van der Waals surface area (Å²) in [5, 5.41) is 10.8. The van der Waals surface area contributed by atoms with Crippen LogP contribution in [-0.2, 0) is 13.0 Å². The van der Waals surface area contributed by atoms with Crippen molar-refractivity contribution in [2.45, 2.75) is 19.9 Å². The molecule has 0 radical (unpaired) electrons. The van der Waals surface area contributed by atoms with Crippen LogP contribution in [0.5, 0.6) is 0 Å². The molecule has 0 aliphatic rings. The second kappa shape index (κ2) is 4.87. The fourth-order valence-electron chi connectivity index (χ4n) is 1.84. The molecule has 0 bridgehead atoms. The zero-order valence-corrected chi connectivity index (χ0v) is 10.0. The van der Waals surface area contributed by atoms with Gasteiger partial charge in [0.2, 0.25) is 0 Å². The molecule has 1 heterocycles. The summed E-state index contributed by atoms with van der Waals surface area (Å²) >= 11 is 0. The fourth-order valence-corrected chi connectivity index (χ4v) is 1.84. The van der Waals surface area contributed by atoms with Crippen molar-refractivity contribution in [3.63, 3.8) is 0 Å². The van der Waals surface area contributed by atoms with E-state index in [9.17, 15) is 10.1 Å². The molecule has 0 aliphatic carbocycles. The number of aryl methyl sites for hydroxylation is 1. The summed E-state index contributed by atoms with van der Waals surface area (Å²) in [7, 11) is 0. The highest BCUT2D eigenvalue weighted by molar-refractivity contribution is 5.59. The van der Waals surface area contributed by atoms with E-state index >= 15 is 0 Å². The Bertz CT molecular complexity index is 577. The van der Waals surface area contributed by atoms with Crippen molar-refractivity contribution in [3.05, 3.63) is 52.1 Å². The van der Waals surface area contributed by atoms with Gasteiger partial charge in [0.05, 0.1) is 4.92 Å². The van der Waals surface area contributed by atoms with Crippen LogP contribution in [-0.4, -0.2) is 14.5 Å². The fraction of sp³-hybridized carbons (Fsp3) is 0.250. The molecule has 6 nitrogen and oxygen atoms in total. The first-order chi connectivity index (χ1) is 8.61. The Morgan fingerprint density at radius 3 is 2.94 bits per heavy atom. The number of anilines is 1. The van der Waals surface area contributed by atoms with Gasteiger partial charge in [-0.05, 0) is 11.6 Å². The molecular weight excluding hydrogens is 232 g/mol. The van der Waals surface area contributed by atoms with E-state index in [1.807, 2.05) is 17.7 Å². The van der Waals surface area contributed by atoms with Gasteiger partial charge in [-0.15, -0.1) is 0 Å². The SMILES string of the molecule is CCc1nccn1Cc1ccc(N)c([N+](=O)[O-])c1. The Balaban J connectivity index is 2.30. The van der Waals surface area contributed by atoms with Crippen LogP contribution in [0.4, 0.5) is 11.4 Å². The van der Waals surface area contributed by atoms with Gasteiger partial charge in [0.1, 0.15) is 11.5 Å². The zero-order valence-electron chi connectivity index (χ0n) is 10.0. The third-order valence-corrected chi connectivity index (χ3v) is 2.76. The minimum atomic E-state index is -0.465. The lowest BCUT2D eigenvalue weighted by Crippen LogP contribution is -2.04. The number of nitro benzene ring substituents is 1. The number of nitro groups is 1. The van der Waals surface area contributed by atoms with Crippen molar-refractivity contribution in [2.24, 2.45) is 0 Å². The number of aromatic nitrogens is 2. The monoisotopic (exact) mass is 246 g/mol. The molecule has 1 aromatic heterocycles. The van der Waals surface area contributed by atoms with E-state index in [1.54, 1.807) is 18.3 Å². The van der Waals surface area contributed by atoms with E-state index in [2.05, 4.69) is 4.98 Å². The second-order valence-corrected chi connectivity index (χ2v) is 3.98. The van der Waals surface area contributed by atoms with Gasteiger partial charge in [-0.2, -0.15) is 0 Å². The number of hydrogen-bond donors (Lipinski definition) is 1. The zero-order chi connectivity index (χ0) is 13.1. The van der Waals surface area contributed by atoms with Crippen LogP contribution in [0.15, 0.2) is 30.6 Å². The van der Waals surface area contributed by atoms with E-state index in [4.69, 9.17) is 5.73 Å². The van der Waals surface area contributed by atoms with Gasteiger partial charge in [-0.1, -0.05) is 13.0 Å². The molecule has 0 aliphatic heterocycles. The van der Waals surface area contributed by atoms with Crippen LogP contribution in [0, 0.1) is 10.1 Å². The van der Waals surface area contributed by atoms with E-state index in [-0.39, 0.29) is 11.4 Å². The maximum atomic E-state index is 10.8. The van der Waals surface area contributed by atoms with E-state index in [0.29, 0.717) is 6.54 Å². The molecule has 6 heteroatoms. The number of benzene rings is 1. The van der Waals surface area contributed by atoms with Crippen LogP contribution in [0.1, 0.15) is 18.3 Å². The lowest BCUT2D eigenvalue weighted by atomic mass is 10.1. The molecule has 2 rings (SSSR count). The molecule has 0 spiro atoms. The molecule has 2 N–H and O–H groups in total. The smallest absolute Gasteiger partial charge is 0.292 e. The third kappa shape index (κ3) is 2.32. The molecule has 1 aromatic carbocycles. The van der Waals surface area contributed by atoms with Crippen molar-refractivity contribution in [2.75, 3.05) is 5.73 Å². The summed E-state index contributed by atoms with van der Waals surface area (Å²) < 4.78 is 1.97. The summed E-state index contributed by atoms with van der Waals surface area (Å²) in [5.74, 6) is 0.953. The van der Waals surface area contributed by atoms with Gasteiger partial charge >= 0.3 is 0 Å². The van der Waals surface area contributed by atoms with Crippen LogP contribution in [0.3, 0.4) is 0 Å². The molecule has 0 amide bonds. The quantitative estimate of drug-likeness (QED) is 0.507. The van der Waals surface area contributed by atoms with Crippen molar-refractivity contribution in [1.29, 1.82) is 0 Å². The topological polar surface area (TPSA) is 87.0 Å².